The number of likely N-dealkylation sites (N-methyl/N-ethyl adjacent to an activating group) is 1. The number of rotatable bonds is 7. The van der Waals surface area contributed by atoms with Gasteiger partial charge in [-0.15, -0.1) is 0 Å². The molecule has 0 radical (unpaired) electrons. The van der Waals surface area contributed by atoms with Gasteiger partial charge < -0.3 is 5.32 Å². The maximum Gasteiger partial charge on any atom is 0.146 e. The molecule has 0 aliphatic carbocycles. The molecule has 1 atom stereocenters. The highest BCUT2D eigenvalue weighted by atomic mass is 19.1. The van der Waals surface area contributed by atoms with E-state index in [1.165, 1.54) is 6.07 Å². The predicted molar refractivity (Wildman–Crippen MR) is 79.2 cm³/mol. The smallest absolute Gasteiger partial charge is 0.146 e. The molecule has 0 aliphatic heterocycles. The maximum absolute atomic E-state index is 14.0. The van der Waals surface area contributed by atoms with Crippen LogP contribution in [0.1, 0.15) is 38.3 Å². The molecule has 0 fully saturated rings. The molecule has 0 bridgehead atoms. The van der Waals surface area contributed by atoms with Gasteiger partial charge in [0.1, 0.15) is 18.0 Å². The Bertz CT molecular complexity index is 567. The fourth-order valence-corrected chi connectivity index (χ4v) is 2.29. The van der Waals surface area contributed by atoms with Crippen LogP contribution in [-0.4, -0.2) is 26.3 Å². The van der Waals surface area contributed by atoms with Crippen LogP contribution in [0.5, 0.6) is 0 Å². The summed E-state index contributed by atoms with van der Waals surface area (Å²) in [4.78, 5) is 8.48. The molecule has 21 heavy (non-hydrogen) atoms. The van der Waals surface area contributed by atoms with E-state index >= 15 is 0 Å². The van der Waals surface area contributed by atoms with Crippen LogP contribution in [0.3, 0.4) is 0 Å². The highest BCUT2D eigenvalue weighted by Crippen LogP contribution is 2.18. The fourth-order valence-electron chi connectivity index (χ4n) is 2.29. The minimum atomic E-state index is -0.293. The summed E-state index contributed by atoms with van der Waals surface area (Å²) >= 11 is 0. The lowest BCUT2D eigenvalue weighted by Gasteiger charge is -2.18. The first-order valence-electron chi connectivity index (χ1n) is 7.32. The van der Waals surface area contributed by atoms with E-state index in [4.69, 9.17) is 0 Å². The Labute approximate surface area is 124 Å². The Hall–Kier alpha value is -1.82. The summed E-state index contributed by atoms with van der Waals surface area (Å²) in [6, 6.07) is 2.83. The Morgan fingerprint density at radius 1 is 1.33 bits per heavy atom. The van der Waals surface area contributed by atoms with Gasteiger partial charge in [0, 0.05) is 19.2 Å². The molecule has 0 aliphatic rings. The van der Waals surface area contributed by atoms with Gasteiger partial charge in [-0.3, -0.25) is 4.98 Å². The second kappa shape index (κ2) is 7.26. The number of pyridine rings is 1. The third kappa shape index (κ3) is 4.07. The van der Waals surface area contributed by atoms with Gasteiger partial charge in [0.2, 0.25) is 0 Å². The quantitative estimate of drug-likeness (QED) is 0.851. The van der Waals surface area contributed by atoms with E-state index < -0.39 is 0 Å². The first-order valence-corrected chi connectivity index (χ1v) is 7.32. The van der Waals surface area contributed by atoms with E-state index in [0.29, 0.717) is 18.0 Å². The third-order valence-corrected chi connectivity index (χ3v) is 3.19. The molecule has 2 aromatic rings. The van der Waals surface area contributed by atoms with Gasteiger partial charge in [-0.05, 0) is 24.6 Å². The molecule has 1 N–H and O–H groups in total. The van der Waals surface area contributed by atoms with Crippen LogP contribution in [0.25, 0.3) is 0 Å². The molecule has 2 aromatic heterocycles. The largest absolute Gasteiger partial charge is 0.308 e. The molecular weight excluding hydrogens is 269 g/mol. The summed E-state index contributed by atoms with van der Waals surface area (Å²) in [5, 5.41) is 7.52. The third-order valence-electron chi connectivity index (χ3n) is 3.19. The minimum absolute atomic E-state index is 0.202. The van der Waals surface area contributed by atoms with E-state index in [1.54, 1.807) is 18.6 Å². The van der Waals surface area contributed by atoms with Gasteiger partial charge >= 0.3 is 0 Å². The second-order valence-corrected chi connectivity index (χ2v) is 5.44. The Morgan fingerprint density at radius 3 is 2.81 bits per heavy atom. The zero-order chi connectivity index (χ0) is 15.2. The van der Waals surface area contributed by atoms with Gasteiger partial charge in [-0.25, -0.2) is 14.1 Å². The van der Waals surface area contributed by atoms with Crippen molar-refractivity contribution in [1.82, 2.24) is 25.1 Å². The topological polar surface area (TPSA) is 55.6 Å². The summed E-state index contributed by atoms with van der Waals surface area (Å²) in [5.41, 5.74) is 0.429. The van der Waals surface area contributed by atoms with E-state index in [0.717, 1.165) is 18.9 Å². The highest BCUT2D eigenvalue weighted by molar-refractivity contribution is 5.13. The van der Waals surface area contributed by atoms with Crippen LogP contribution in [0.2, 0.25) is 0 Å². The van der Waals surface area contributed by atoms with Gasteiger partial charge in [-0.2, -0.15) is 5.10 Å². The van der Waals surface area contributed by atoms with E-state index in [2.05, 4.69) is 34.2 Å². The number of aromatic nitrogens is 4. The van der Waals surface area contributed by atoms with Gasteiger partial charge in [0.15, 0.2) is 0 Å². The van der Waals surface area contributed by atoms with Crippen molar-refractivity contribution < 1.29 is 4.39 Å². The maximum atomic E-state index is 14.0. The minimum Gasteiger partial charge on any atom is -0.308 e. The normalized spacial score (nSPS) is 12.8. The molecule has 0 amide bonds. The summed E-state index contributed by atoms with van der Waals surface area (Å²) in [7, 11) is 0. The monoisotopic (exact) mass is 291 g/mol. The number of hydrogen-bond acceptors (Lipinski definition) is 4. The lowest BCUT2D eigenvalue weighted by atomic mass is 10.1. The van der Waals surface area contributed by atoms with E-state index in [1.807, 2.05) is 11.6 Å². The van der Waals surface area contributed by atoms with Gasteiger partial charge in [0.05, 0.1) is 11.7 Å². The van der Waals surface area contributed by atoms with Crippen molar-refractivity contribution in [3.05, 3.63) is 42.0 Å². The van der Waals surface area contributed by atoms with Gasteiger partial charge in [0.25, 0.3) is 0 Å². The first kappa shape index (κ1) is 15.6. The Morgan fingerprint density at radius 2 is 2.14 bits per heavy atom. The molecular formula is C15H22FN5. The lowest BCUT2D eigenvalue weighted by Crippen LogP contribution is -2.26. The van der Waals surface area contributed by atoms with Crippen molar-refractivity contribution in [1.29, 1.82) is 0 Å². The molecule has 1 unspecified atom stereocenters. The molecule has 6 heteroatoms. The van der Waals surface area contributed by atoms with E-state index in [-0.39, 0.29) is 11.9 Å². The van der Waals surface area contributed by atoms with Crippen LogP contribution in [0, 0.1) is 11.7 Å². The predicted octanol–water partition coefficient (Wildman–Crippen LogP) is 2.36. The van der Waals surface area contributed by atoms with Crippen LogP contribution in [-0.2, 0) is 13.0 Å². The average Bonchev–Trinajstić information content (AvgIpc) is 2.85. The molecule has 2 heterocycles. The first-order chi connectivity index (χ1) is 10.1. The number of nitrogens with zero attached hydrogens (tertiary/aromatic N) is 4. The fraction of sp³-hybridized carbons (Fsp3) is 0.533. The van der Waals surface area contributed by atoms with Crippen molar-refractivity contribution in [3.8, 4) is 0 Å². The Balaban J connectivity index is 2.21. The van der Waals surface area contributed by atoms with Crippen molar-refractivity contribution in [2.45, 2.75) is 39.8 Å². The molecule has 0 saturated carbocycles. The number of halogens is 1. The SMILES string of the molecule is CCNC(Cc1ncnn1CC(C)C)c1ncccc1F. The summed E-state index contributed by atoms with van der Waals surface area (Å²) in [5.74, 6) is 1.03. The van der Waals surface area contributed by atoms with Crippen molar-refractivity contribution in [3.63, 3.8) is 0 Å². The average molecular weight is 291 g/mol. The summed E-state index contributed by atoms with van der Waals surface area (Å²) in [6.45, 7) is 7.79. The Kier molecular flexibility index (Phi) is 5.38. The molecule has 0 spiro atoms. The van der Waals surface area contributed by atoms with Crippen molar-refractivity contribution in [2.24, 2.45) is 5.92 Å². The van der Waals surface area contributed by atoms with Crippen LogP contribution in [0.15, 0.2) is 24.7 Å². The standard InChI is InChI=1S/C15H22FN5/c1-4-17-13(15-12(16)6-5-7-18-15)8-14-19-10-20-21(14)9-11(2)3/h5-7,10-11,13,17H,4,8-9H2,1-3H3. The van der Waals surface area contributed by atoms with Crippen LogP contribution >= 0.6 is 0 Å². The van der Waals surface area contributed by atoms with Gasteiger partial charge in [-0.1, -0.05) is 20.8 Å². The zero-order valence-electron chi connectivity index (χ0n) is 12.8. The second-order valence-electron chi connectivity index (χ2n) is 5.44. The molecule has 2 rings (SSSR count). The summed E-state index contributed by atoms with van der Waals surface area (Å²) in [6.07, 6.45) is 3.73. The van der Waals surface area contributed by atoms with Crippen molar-refractivity contribution >= 4 is 0 Å². The molecule has 5 nitrogen and oxygen atoms in total. The zero-order valence-corrected chi connectivity index (χ0v) is 12.8. The van der Waals surface area contributed by atoms with Crippen molar-refractivity contribution in [2.75, 3.05) is 6.54 Å². The van der Waals surface area contributed by atoms with Crippen LogP contribution in [0.4, 0.5) is 4.39 Å². The molecule has 114 valence electrons. The highest BCUT2D eigenvalue weighted by Gasteiger charge is 2.19. The van der Waals surface area contributed by atoms with Crippen LogP contribution < -0.4 is 5.32 Å². The van der Waals surface area contributed by atoms with E-state index in [9.17, 15) is 4.39 Å². The summed E-state index contributed by atoms with van der Waals surface area (Å²) < 4.78 is 15.8. The number of nitrogens with one attached hydrogen (secondary N) is 1. The lowest BCUT2D eigenvalue weighted by molar-refractivity contribution is 0.436. The number of hydrogen-bond donors (Lipinski definition) is 1. The molecule has 0 aromatic carbocycles. The molecule has 0 saturated heterocycles.